The van der Waals surface area contributed by atoms with Crippen LogP contribution in [0.4, 0.5) is 0 Å². The number of ether oxygens (including phenoxy) is 1. The first-order chi connectivity index (χ1) is 9.29. The van der Waals surface area contributed by atoms with E-state index >= 15 is 0 Å². The van der Waals surface area contributed by atoms with Crippen molar-refractivity contribution in [3.8, 4) is 11.8 Å². The average Bonchev–Trinajstić information content (AvgIpc) is 2.46. The third kappa shape index (κ3) is 4.45. The molecule has 2 rings (SSSR count). The monoisotopic (exact) mass is 276 g/mol. The van der Waals surface area contributed by atoms with Gasteiger partial charge in [-0.15, -0.1) is 0 Å². The Kier molecular flexibility index (Phi) is 5.56. The van der Waals surface area contributed by atoms with E-state index in [2.05, 4.69) is 17.9 Å². The molecule has 0 bridgehead atoms. The SMILES string of the molecule is CC1CSCCN1CCCOc1ccc(C#N)cc1. The van der Waals surface area contributed by atoms with Gasteiger partial charge in [-0.25, -0.2) is 0 Å². The predicted octanol–water partition coefficient (Wildman–Crippen LogP) is 2.76. The molecule has 1 aromatic carbocycles. The second kappa shape index (κ2) is 7.42. The van der Waals surface area contributed by atoms with Gasteiger partial charge in [0.15, 0.2) is 0 Å². The van der Waals surface area contributed by atoms with Gasteiger partial charge in [-0.2, -0.15) is 17.0 Å². The molecule has 102 valence electrons. The number of nitrogens with zero attached hydrogens (tertiary/aromatic N) is 2. The van der Waals surface area contributed by atoms with Crippen molar-refractivity contribution < 1.29 is 4.74 Å². The van der Waals surface area contributed by atoms with E-state index in [1.165, 1.54) is 18.1 Å². The number of thioether (sulfide) groups is 1. The highest BCUT2D eigenvalue weighted by atomic mass is 32.2. The Bertz CT molecular complexity index is 427. The van der Waals surface area contributed by atoms with Crippen molar-refractivity contribution >= 4 is 11.8 Å². The highest BCUT2D eigenvalue weighted by Gasteiger charge is 2.17. The maximum atomic E-state index is 8.71. The highest BCUT2D eigenvalue weighted by Crippen LogP contribution is 2.16. The molecule has 1 unspecified atom stereocenters. The van der Waals surface area contributed by atoms with Crippen LogP contribution >= 0.6 is 11.8 Å². The number of rotatable bonds is 5. The van der Waals surface area contributed by atoms with E-state index in [0.29, 0.717) is 11.6 Å². The second-order valence-electron chi connectivity index (χ2n) is 4.80. The van der Waals surface area contributed by atoms with Gasteiger partial charge in [-0.3, -0.25) is 4.90 Å². The number of hydrogen-bond donors (Lipinski definition) is 0. The van der Waals surface area contributed by atoms with Gasteiger partial charge in [0.25, 0.3) is 0 Å². The largest absolute Gasteiger partial charge is 0.494 e. The van der Waals surface area contributed by atoms with Gasteiger partial charge >= 0.3 is 0 Å². The molecule has 3 nitrogen and oxygen atoms in total. The quantitative estimate of drug-likeness (QED) is 0.775. The lowest BCUT2D eigenvalue weighted by Crippen LogP contribution is -2.41. The summed E-state index contributed by atoms with van der Waals surface area (Å²) in [6.45, 7) is 5.34. The van der Waals surface area contributed by atoms with E-state index in [9.17, 15) is 0 Å². The van der Waals surface area contributed by atoms with Gasteiger partial charge in [0, 0.05) is 30.6 Å². The minimum Gasteiger partial charge on any atom is -0.494 e. The fraction of sp³-hybridized carbons (Fsp3) is 0.533. The molecule has 19 heavy (non-hydrogen) atoms. The fourth-order valence-corrected chi connectivity index (χ4v) is 3.26. The van der Waals surface area contributed by atoms with Gasteiger partial charge in [0.05, 0.1) is 18.2 Å². The molecular formula is C15H20N2OS. The smallest absolute Gasteiger partial charge is 0.119 e. The summed E-state index contributed by atoms with van der Waals surface area (Å²) in [6, 6.07) is 10.1. The maximum absolute atomic E-state index is 8.71. The molecule has 0 saturated carbocycles. The van der Waals surface area contributed by atoms with Crippen molar-refractivity contribution in [2.75, 3.05) is 31.2 Å². The standard InChI is InChI=1S/C15H20N2OS/c1-13-12-19-10-8-17(13)7-2-9-18-15-5-3-14(11-16)4-6-15/h3-6,13H,2,7-10,12H2,1H3. The highest BCUT2D eigenvalue weighted by molar-refractivity contribution is 7.99. The molecule has 0 N–H and O–H groups in total. The third-order valence-corrected chi connectivity index (χ3v) is 4.54. The third-order valence-electron chi connectivity index (χ3n) is 3.35. The van der Waals surface area contributed by atoms with Crippen LogP contribution in [0.5, 0.6) is 5.75 Å². The van der Waals surface area contributed by atoms with Gasteiger partial charge < -0.3 is 4.74 Å². The summed E-state index contributed by atoms with van der Waals surface area (Å²) >= 11 is 2.05. The van der Waals surface area contributed by atoms with Crippen LogP contribution in [0.15, 0.2) is 24.3 Å². The Morgan fingerprint density at radius 1 is 1.42 bits per heavy atom. The van der Waals surface area contributed by atoms with Crippen LogP contribution in [0.1, 0.15) is 18.9 Å². The Morgan fingerprint density at radius 2 is 2.21 bits per heavy atom. The summed E-state index contributed by atoms with van der Waals surface area (Å²) in [4.78, 5) is 2.54. The molecular weight excluding hydrogens is 256 g/mol. The van der Waals surface area contributed by atoms with Crippen LogP contribution in [-0.4, -0.2) is 42.1 Å². The summed E-state index contributed by atoms with van der Waals surface area (Å²) in [5.41, 5.74) is 0.673. The van der Waals surface area contributed by atoms with Crippen molar-refractivity contribution in [1.29, 1.82) is 5.26 Å². The van der Waals surface area contributed by atoms with Crippen LogP contribution in [0.3, 0.4) is 0 Å². The van der Waals surface area contributed by atoms with E-state index in [-0.39, 0.29) is 0 Å². The molecule has 1 fully saturated rings. The number of hydrogen-bond acceptors (Lipinski definition) is 4. The lowest BCUT2D eigenvalue weighted by atomic mass is 10.2. The van der Waals surface area contributed by atoms with Crippen LogP contribution in [0, 0.1) is 11.3 Å². The first-order valence-corrected chi connectivity index (χ1v) is 7.90. The van der Waals surface area contributed by atoms with E-state index in [4.69, 9.17) is 10.00 Å². The maximum Gasteiger partial charge on any atom is 0.119 e. The molecule has 1 aliphatic heterocycles. The Labute approximate surface area is 119 Å². The van der Waals surface area contributed by atoms with Crippen molar-refractivity contribution in [2.45, 2.75) is 19.4 Å². The van der Waals surface area contributed by atoms with Crippen LogP contribution in [0.2, 0.25) is 0 Å². The summed E-state index contributed by atoms with van der Waals surface area (Å²) in [5, 5.41) is 8.71. The fourth-order valence-electron chi connectivity index (χ4n) is 2.18. The summed E-state index contributed by atoms with van der Waals surface area (Å²) in [7, 11) is 0. The Morgan fingerprint density at radius 3 is 2.89 bits per heavy atom. The predicted molar refractivity (Wildman–Crippen MR) is 79.6 cm³/mol. The zero-order chi connectivity index (χ0) is 13.5. The lowest BCUT2D eigenvalue weighted by Gasteiger charge is -2.32. The summed E-state index contributed by atoms with van der Waals surface area (Å²) < 4.78 is 5.69. The van der Waals surface area contributed by atoms with Gasteiger partial charge in [0.1, 0.15) is 5.75 Å². The molecule has 0 aromatic heterocycles. The van der Waals surface area contributed by atoms with Crippen LogP contribution < -0.4 is 4.74 Å². The molecule has 1 heterocycles. The minimum absolute atomic E-state index is 0.673. The van der Waals surface area contributed by atoms with E-state index in [1.807, 2.05) is 23.9 Å². The topological polar surface area (TPSA) is 36.3 Å². The average molecular weight is 276 g/mol. The van der Waals surface area contributed by atoms with E-state index in [1.54, 1.807) is 12.1 Å². The second-order valence-corrected chi connectivity index (χ2v) is 5.95. The summed E-state index contributed by atoms with van der Waals surface area (Å²) in [5.74, 6) is 3.35. The number of nitriles is 1. The van der Waals surface area contributed by atoms with Crippen molar-refractivity contribution in [3.05, 3.63) is 29.8 Å². The van der Waals surface area contributed by atoms with Crippen molar-refractivity contribution in [3.63, 3.8) is 0 Å². The molecule has 1 aromatic rings. The van der Waals surface area contributed by atoms with Gasteiger partial charge in [-0.05, 0) is 37.6 Å². The van der Waals surface area contributed by atoms with Gasteiger partial charge in [0.2, 0.25) is 0 Å². The first kappa shape index (κ1) is 14.2. The molecule has 0 aliphatic carbocycles. The molecule has 1 aliphatic rings. The van der Waals surface area contributed by atoms with Crippen molar-refractivity contribution in [2.24, 2.45) is 0 Å². The zero-order valence-electron chi connectivity index (χ0n) is 11.3. The number of benzene rings is 1. The molecule has 1 saturated heterocycles. The Balaban J connectivity index is 1.67. The molecule has 1 atom stereocenters. The first-order valence-electron chi connectivity index (χ1n) is 6.74. The van der Waals surface area contributed by atoms with Crippen LogP contribution in [0.25, 0.3) is 0 Å². The summed E-state index contributed by atoms with van der Waals surface area (Å²) in [6.07, 6.45) is 1.05. The van der Waals surface area contributed by atoms with Crippen LogP contribution in [-0.2, 0) is 0 Å². The lowest BCUT2D eigenvalue weighted by molar-refractivity contribution is 0.206. The molecule has 0 spiro atoms. The Hall–Kier alpha value is -1.18. The van der Waals surface area contributed by atoms with E-state index in [0.717, 1.165) is 25.3 Å². The van der Waals surface area contributed by atoms with Crippen molar-refractivity contribution in [1.82, 2.24) is 4.90 Å². The van der Waals surface area contributed by atoms with E-state index < -0.39 is 0 Å². The molecule has 4 heteroatoms. The van der Waals surface area contributed by atoms with Gasteiger partial charge in [-0.1, -0.05) is 0 Å². The normalized spacial score (nSPS) is 19.9. The molecule has 0 radical (unpaired) electrons. The zero-order valence-corrected chi connectivity index (χ0v) is 12.2. The minimum atomic E-state index is 0.673. The molecule has 0 amide bonds.